The van der Waals surface area contributed by atoms with Gasteiger partial charge in [-0.05, 0) is 25.9 Å². The van der Waals surface area contributed by atoms with Crippen molar-refractivity contribution in [2.75, 3.05) is 47.4 Å². The molecule has 1 aliphatic rings. The van der Waals surface area contributed by atoms with Crippen LogP contribution in [0.5, 0.6) is 0 Å². The van der Waals surface area contributed by atoms with E-state index in [0.717, 1.165) is 25.9 Å². The number of hydrogen-bond donors (Lipinski definition) is 2. The molecule has 0 aromatic heterocycles. The molecule has 6 nitrogen and oxygen atoms in total. The molecule has 1 rings (SSSR count). The van der Waals surface area contributed by atoms with Crippen molar-refractivity contribution in [3.63, 3.8) is 0 Å². The van der Waals surface area contributed by atoms with Gasteiger partial charge in [0.2, 0.25) is 11.8 Å². The van der Waals surface area contributed by atoms with E-state index in [-0.39, 0.29) is 24.2 Å². The lowest BCUT2D eigenvalue weighted by Gasteiger charge is -2.38. The molecule has 1 aliphatic heterocycles. The molecule has 0 spiro atoms. The summed E-state index contributed by atoms with van der Waals surface area (Å²) in [6, 6.07) is 0. The van der Waals surface area contributed by atoms with Crippen LogP contribution in [0.3, 0.4) is 0 Å². The quantitative estimate of drug-likeness (QED) is 0.726. The minimum atomic E-state index is -0.433. The summed E-state index contributed by atoms with van der Waals surface area (Å²) < 4.78 is 5.25. The van der Waals surface area contributed by atoms with E-state index >= 15 is 0 Å². The van der Waals surface area contributed by atoms with Gasteiger partial charge < -0.3 is 20.3 Å². The Labute approximate surface area is 127 Å². The highest BCUT2D eigenvalue weighted by Crippen LogP contribution is 2.31. The van der Waals surface area contributed by atoms with Crippen molar-refractivity contribution in [2.24, 2.45) is 5.41 Å². The first kappa shape index (κ1) is 19.1. The Morgan fingerprint density at radius 2 is 1.95 bits per heavy atom. The highest BCUT2D eigenvalue weighted by molar-refractivity contribution is 5.85. The van der Waals surface area contributed by atoms with Crippen LogP contribution in [0.4, 0.5) is 0 Å². The molecule has 0 aromatic carbocycles. The predicted molar refractivity (Wildman–Crippen MR) is 80.0 cm³/mol. The standard InChI is InChI=1S/C13H25N3O3.ClH/c1-14-11(17)4-9-16(2)12(18)13(10-19-3)5-7-15-8-6-13;/h15H,4-10H2,1-3H3,(H,14,17);1H. The molecule has 118 valence electrons. The fraction of sp³-hybridized carbons (Fsp3) is 0.846. The lowest BCUT2D eigenvalue weighted by atomic mass is 9.78. The zero-order valence-corrected chi connectivity index (χ0v) is 13.3. The van der Waals surface area contributed by atoms with Crippen LogP contribution in [-0.2, 0) is 14.3 Å². The number of carbonyl (C=O) groups excluding carboxylic acids is 2. The van der Waals surface area contributed by atoms with Crippen LogP contribution in [0, 0.1) is 5.41 Å². The van der Waals surface area contributed by atoms with E-state index in [1.54, 1.807) is 26.1 Å². The summed E-state index contributed by atoms with van der Waals surface area (Å²) in [4.78, 5) is 25.5. The second-order valence-corrected chi connectivity index (χ2v) is 5.11. The number of nitrogens with one attached hydrogen (secondary N) is 2. The van der Waals surface area contributed by atoms with Crippen LogP contribution in [-0.4, -0.2) is 64.2 Å². The maximum atomic E-state index is 12.6. The molecule has 0 aliphatic carbocycles. The van der Waals surface area contributed by atoms with Gasteiger partial charge in [0.1, 0.15) is 0 Å². The summed E-state index contributed by atoms with van der Waals surface area (Å²) in [6.45, 7) is 2.55. The minimum absolute atomic E-state index is 0. The number of carbonyl (C=O) groups is 2. The average molecular weight is 308 g/mol. The molecule has 1 saturated heterocycles. The average Bonchev–Trinajstić information content (AvgIpc) is 2.44. The number of methoxy groups -OCH3 is 1. The number of piperidine rings is 1. The molecule has 0 bridgehead atoms. The lowest BCUT2D eigenvalue weighted by Crippen LogP contribution is -2.51. The molecule has 0 atom stereocenters. The third-order valence-electron chi connectivity index (χ3n) is 3.73. The lowest BCUT2D eigenvalue weighted by molar-refractivity contribution is -0.146. The van der Waals surface area contributed by atoms with Crippen LogP contribution in [0.1, 0.15) is 19.3 Å². The molecule has 0 unspecified atom stereocenters. The Kier molecular flexibility index (Phi) is 8.76. The minimum Gasteiger partial charge on any atom is -0.384 e. The van der Waals surface area contributed by atoms with Gasteiger partial charge in [-0.15, -0.1) is 12.4 Å². The van der Waals surface area contributed by atoms with E-state index in [1.807, 2.05) is 0 Å². The van der Waals surface area contributed by atoms with Crippen LogP contribution >= 0.6 is 12.4 Å². The molecule has 1 heterocycles. The van der Waals surface area contributed by atoms with Crippen molar-refractivity contribution in [1.82, 2.24) is 15.5 Å². The first-order valence-electron chi connectivity index (χ1n) is 6.71. The fourth-order valence-electron chi connectivity index (χ4n) is 2.50. The highest BCUT2D eigenvalue weighted by Gasteiger charge is 2.41. The summed E-state index contributed by atoms with van der Waals surface area (Å²) in [5.41, 5.74) is -0.433. The van der Waals surface area contributed by atoms with Crippen LogP contribution in [0.25, 0.3) is 0 Å². The molecule has 1 fully saturated rings. The van der Waals surface area contributed by atoms with E-state index in [0.29, 0.717) is 19.6 Å². The van der Waals surface area contributed by atoms with Gasteiger partial charge in [0.15, 0.2) is 0 Å². The number of nitrogens with zero attached hydrogens (tertiary/aromatic N) is 1. The highest BCUT2D eigenvalue weighted by atomic mass is 35.5. The van der Waals surface area contributed by atoms with E-state index in [4.69, 9.17) is 4.74 Å². The Balaban J connectivity index is 0.00000361. The monoisotopic (exact) mass is 307 g/mol. The second-order valence-electron chi connectivity index (χ2n) is 5.11. The van der Waals surface area contributed by atoms with Gasteiger partial charge in [-0.3, -0.25) is 9.59 Å². The third kappa shape index (κ3) is 4.92. The molecule has 7 heteroatoms. The SMILES string of the molecule is CNC(=O)CCN(C)C(=O)C1(COC)CCNCC1.Cl. The molecule has 0 saturated carbocycles. The molecular weight excluding hydrogens is 282 g/mol. The number of halogens is 1. The molecule has 2 N–H and O–H groups in total. The summed E-state index contributed by atoms with van der Waals surface area (Å²) in [6.07, 6.45) is 1.90. The van der Waals surface area contributed by atoms with Gasteiger partial charge in [-0.1, -0.05) is 0 Å². The smallest absolute Gasteiger partial charge is 0.230 e. The Morgan fingerprint density at radius 1 is 1.35 bits per heavy atom. The maximum Gasteiger partial charge on any atom is 0.230 e. The normalized spacial score (nSPS) is 16.9. The van der Waals surface area contributed by atoms with E-state index in [9.17, 15) is 9.59 Å². The largest absolute Gasteiger partial charge is 0.384 e. The van der Waals surface area contributed by atoms with Crippen molar-refractivity contribution in [2.45, 2.75) is 19.3 Å². The summed E-state index contributed by atoms with van der Waals surface area (Å²) >= 11 is 0. The van der Waals surface area contributed by atoms with Crippen LogP contribution < -0.4 is 10.6 Å². The summed E-state index contributed by atoms with van der Waals surface area (Å²) in [5.74, 6) is 0.0329. The summed E-state index contributed by atoms with van der Waals surface area (Å²) in [7, 11) is 4.98. The maximum absolute atomic E-state index is 12.6. The van der Waals surface area contributed by atoms with Gasteiger partial charge in [-0.2, -0.15) is 0 Å². The third-order valence-corrected chi connectivity index (χ3v) is 3.73. The number of ether oxygens (including phenoxy) is 1. The van der Waals surface area contributed by atoms with E-state index in [1.165, 1.54) is 0 Å². The van der Waals surface area contributed by atoms with Crippen molar-refractivity contribution in [1.29, 1.82) is 0 Å². The Hall–Kier alpha value is -0.850. The Morgan fingerprint density at radius 3 is 2.45 bits per heavy atom. The second kappa shape index (κ2) is 9.15. The zero-order chi connectivity index (χ0) is 14.3. The van der Waals surface area contributed by atoms with Gasteiger partial charge in [0, 0.05) is 34.2 Å². The molecule has 0 aromatic rings. The Bertz CT molecular complexity index is 314. The first-order valence-corrected chi connectivity index (χ1v) is 6.71. The van der Waals surface area contributed by atoms with Gasteiger partial charge in [0.25, 0.3) is 0 Å². The van der Waals surface area contributed by atoms with Gasteiger partial charge >= 0.3 is 0 Å². The fourth-order valence-corrected chi connectivity index (χ4v) is 2.50. The van der Waals surface area contributed by atoms with Crippen molar-refractivity contribution in [3.8, 4) is 0 Å². The topological polar surface area (TPSA) is 70.7 Å². The van der Waals surface area contributed by atoms with E-state index in [2.05, 4.69) is 10.6 Å². The molecule has 2 amide bonds. The van der Waals surface area contributed by atoms with Gasteiger partial charge in [-0.25, -0.2) is 0 Å². The summed E-state index contributed by atoms with van der Waals surface area (Å²) in [5, 5.41) is 5.82. The van der Waals surface area contributed by atoms with E-state index < -0.39 is 5.41 Å². The number of hydrogen-bond acceptors (Lipinski definition) is 4. The van der Waals surface area contributed by atoms with Crippen molar-refractivity contribution >= 4 is 24.2 Å². The van der Waals surface area contributed by atoms with Gasteiger partial charge in [0.05, 0.1) is 12.0 Å². The molecular formula is C13H26ClN3O3. The number of amides is 2. The van der Waals surface area contributed by atoms with Crippen molar-refractivity contribution < 1.29 is 14.3 Å². The predicted octanol–water partition coefficient (Wildman–Crippen LogP) is 0.0189. The van der Waals surface area contributed by atoms with Crippen molar-refractivity contribution in [3.05, 3.63) is 0 Å². The molecule has 20 heavy (non-hydrogen) atoms. The number of rotatable bonds is 6. The zero-order valence-electron chi connectivity index (χ0n) is 12.5. The van der Waals surface area contributed by atoms with Crippen LogP contribution in [0.2, 0.25) is 0 Å². The molecule has 0 radical (unpaired) electrons. The first-order chi connectivity index (χ1) is 9.05. The van der Waals surface area contributed by atoms with Crippen LogP contribution in [0.15, 0.2) is 0 Å².